The van der Waals surface area contributed by atoms with Gasteiger partial charge in [0.15, 0.2) is 0 Å². The second-order valence-electron chi connectivity index (χ2n) is 4.34. The van der Waals surface area contributed by atoms with Crippen molar-refractivity contribution in [1.29, 1.82) is 0 Å². The second kappa shape index (κ2) is 6.34. The molecule has 0 bridgehead atoms. The quantitative estimate of drug-likeness (QED) is 0.859. The minimum Gasteiger partial charge on any atom is -0.467 e. The molecule has 1 aromatic heterocycles. The lowest BCUT2D eigenvalue weighted by Crippen LogP contribution is -2.30. The van der Waals surface area contributed by atoms with E-state index in [0.29, 0.717) is 24.2 Å². The fourth-order valence-corrected chi connectivity index (χ4v) is 2.03. The van der Waals surface area contributed by atoms with Gasteiger partial charge in [-0.3, -0.25) is 4.79 Å². The van der Waals surface area contributed by atoms with Crippen LogP contribution in [-0.2, 0) is 6.54 Å². The van der Waals surface area contributed by atoms with Gasteiger partial charge in [0.25, 0.3) is 5.91 Å². The van der Waals surface area contributed by atoms with Gasteiger partial charge in [-0.25, -0.2) is 0 Å². The summed E-state index contributed by atoms with van der Waals surface area (Å²) in [5.41, 5.74) is 6.86. The third kappa shape index (κ3) is 3.24. The Morgan fingerprint density at radius 3 is 2.65 bits per heavy atom. The van der Waals surface area contributed by atoms with Gasteiger partial charge in [0.2, 0.25) is 0 Å². The second-order valence-corrected chi connectivity index (χ2v) is 4.78. The van der Waals surface area contributed by atoms with Gasteiger partial charge >= 0.3 is 0 Å². The molecule has 2 aromatic rings. The zero-order valence-corrected chi connectivity index (χ0v) is 12.0. The van der Waals surface area contributed by atoms with Gasteiger partial charge in [0.05, 0.1) is 12.8 Å². The predicted molar refractivity (Wildman–Crippen MR) is 81.5 cm³/mol. The number of hydrogen-bond acceptors (Lipinski definition) is 3. The normalized spacial score (nSPS) is 10.2. The Bertz CT molecular complexity index is 608. The number of carbonyl (C=O) groups excluding carboxylic acids is 1. The molecule has 0 atom stereocenters. The maximum absolute atomic E-state index is 12.5. The molecular formula is C15H16N2O2S. The van der Waals surface area contributed by atoms with E-state index in [1.54, 1.807) is 41.5 Å². The van der Waals surface area contributed by atoms with Crippen molar-refractivity contribution in [2.45, 2.75) is 13.5 Å². The number of furan rings is 1. The van der Waals surface area contributed by atoms with Gasteiger partial charge in [0, 0.05) is 17.7 Å². The molecule has 0 aliphatic heterocycles. The molecule has 4 nitrogen and oxygen atoms in total. The highest BCUT2D eigenvalue weighted by Gasteiger charge is 2.16. The first kappa shape index (κ1) is 14.3. The van der Waals surface area contributed by atoms with E-state index in [-0.39, 0.29) is 10.9 Å². The lowest BCUT2D eigenvalue weighted by molar-refractivity contribution is 0.0741. The molecule has 0 aliphatic rings. The van der Waals surface area contributed by atoms with Crippen LogP contribution < -0.4 is 5.73 Å². The van der Waals surface area contributed by atoms with Crippen LogP contribution >= 0.6 is 12.2 Å². The number of carbonyl (C=O) groups is 1. The summed E-state index contributed by atoms with van der Waals surface area (Å²) < 4.78 is 5.28. The first-order valence-electron chi connectivity index (χ1n) is 6.33. The van der Waals surface area contributed by atoms with Crippen molar-refractivity contribution in [3.63, 3.8) is 0 Å². The summed E-state index contributed by atoms with van der Waals surface area (Å²) in [5, 5.41) is 0. The maximum Gasteiger partial charge on any atom is 0.254 e. The molecule has 104 valence electrons. The van der Waals surface area contributed by atoms with Crippen LogP contribution in [0.1, 0.15) is 28.6 Å². The number of thiocarbonyl (C=S) groups is 1. The Hall–Kier alpha value is -2.14. The van der Waals surface area contributed by atoms with E-state index < -0.39 is 0 Å². The van der Waals surface area contributed by atoms with E-state index in [4.69, 9.17) is 22.4 Å². The summed E-state index contributed by atoms with van der Waals surface area (Å²) in [7, 11) is 0. The Morgan fingerprint density at radius 1 is 1.30 bits per heavy atom. The Balaban J connectivity index is 2.19. The average molecular weight is 288 g/mol. The van der Waals surface area contributed by atoms with Crippen molar-refractivity contribution in [3.8, 4) is 0 Å². The SMILES string of the molecule is CCN(Cc1ccco1)C(=O)c1cccc(C(N)=S)c1. The molecule has 0 aliphatic carbocycles. The summed E-state index contributed by atoms with van der Waals surface area (Å²) in [6.07, 6.45) is 1.60. The molecule has 1 aromatic carbocycles. The first-order chi connectivity index (χ1) is 9.61. The fraction of sp³-hybridized carbons (Fsp3) is 0.200. The molecule has 0 radical (unpaired) electrons. The van der Waals surface area contributed by atoms with Crippen molar-refractivity contribution >= 4 is 23.1 Å². The van der Waals surface area contributed by atoms with E-state index in [9.17, 15) is 4.79 Å². The number of hydrogen-bond donors (Lipinski definition) is 1. The van der Waals surface area contributed by atoms with Crippen molar-refractivity contribution in [2.75, 3.05) is 6.54 Å². The zero-order chi connectivity index (χ0) is 14.5. The minimum atomic E-state index is -0.0676. The molecule has 2 rings (SSSR count). The lowest BCUT2D eigenvalue weighted by Gasteiger charge is -2.20. The molecular weight excluding hydrogens is 272 g/mol. The summed E-state index contributed by atoms with van der Waals surface area (Å²) in [4.78, 5) is 14.5. The van der Waals surface area contributed by atoms with E-state index >= 15 is 0 Å². The minimum absolute atomic E-state index is 0.0676. The van der Waals surface area contributed by atoms with Crippen LogP contribution in [0.3, 0.4) is 0 Å². The van der Waals surface area contributed by atoms with Gasteiger partial charge in [-0.2, -0.15) is 0 Å². The molecule has 1 amide bonds. The molecule has 0 saturated carbocycles. The van der Waals surface area contributed by atoms with Crippen LogP contribution in [0, 0.1) is 0 Å². The summed E-state index contributed by atoms with van der Waals surface area (Å²) in [6, 6.07) is 10.7. The summed E-state index contributed by atoms with van der Waals surface area (Å²) >= 11 is 4.93. The van der Waals surface area contributed by atoms with Crippen LogP contribution in [0.25, 0.3) is 0 Å². The molecule has 0 saturated heterocycles. The highest BCUT2D eigenvalue weighted by Crippen LogP contribution is 2.12. The smallest absolute Gasteiger partial charge is 0.254 e. The number of rotatable bonds is 5. The molecule has 1 heterocycles. The van der Waals surface area contributed by atoms with E-state index in [0.717, 1.165) is 5.76 Å². The van der Waals surface area contributed by atoms with Gasteiger partial charge in [-0.15, -0.1) is 0 Å². The van der Waals surface area contributed by atoms with Crippen LogP contribution in [0.2, 0.25) is 0 Å². The molecule has 0 fully saturated rings. The Labute approximate surface area is 123 Å². The van der Waals surface area contributed by atoms with E-state index in [1.807, 2.05) is 13.0 Å². The highest BCUT2D eigenvalue weighted by atomic mass is 32.1. The maximum atomic E-state index is 12.5. The number of nitrogens with zero attached hydrogens (tertiary/aromatic N) is 1. The van der Waals surface area contributed by atoms with Crippen LogP contribution in [0.4, 0.5) is 0 Å². The lowest BCUT2D eigenvalue weighted by atomic mass is 10.1. The van der Waals surface area contributed by atoms with Crippen molar-refractivity contribution < 1.29 is 9.21 Å². The average Bonchev–Trinajstić information content (AvgIpc) is 2.97. The van der Waals surface area contributed by atoms with E-state index in [1.165, 1.54) is 0 Å². The topological polar surface area (TPSA) is 59.5 Å². The van der Waals surface area contributed by atoms with Crippen molar-refractivity contribution in [2.24, 2.45) is 5.73 Å². The number of amides is 1. The van der Waals surface area contributed by atoms with Crippen molar-refractivity contribution in [1.82, 2.24) is 4.90 Å². The largest absolute Gasteiger partial charge is 0.467 e. The van der Waals surface area contributed by atoms with Gasteiger partial charge < -0.3 is 15.1 Å². The first-order valence-corrected chi connectivity index (χ1v) is 6.74. The summed E-state index contributed by atoms with van der Waals surface area (Å²) in [6.45, 7) is 2.97. The molecule has 0 spiro atoms. The number of benzene rings is 1. The van der Waals surface area contributed by atoms with Crippen molar-refractivity contribution in [3.05, 3.63) is 59.5 Å². The van der Waals surface area contributed by atoms with Crippen LogP contribution in [0.5, 0.6) is 0 Å². The predicted octanol–water partition coefficient (Wildman–Crippen LogP) is 2.58. The summed E-state index contributed by atoms with van der Waals surface area (Å²) in [5.74, 6) is 0.688. The highest BCUT2D eigenvalue weighted by molar-refractivity contribution is 7.80. The molecule has 0 unspecified atom stereocenters. The third-order valence-electron chi connectivity index (χ3n) is 2.99. The Morgan fingerprint density at radius 2 is 2.05 bits per heavy atom. The molecule has 20 heavy (non-hydrogen) atoms. The van der Waals surface area contributed by atoms with Crippen LogP contribution in [-0.4, -0.2) is 22.3 Å². The van der Waals surface area contributed by atoms with Crippen LogP contribution in [0.15, 0.2) is 47.1 Å². The number of nitrogens with two attached hydrogens (primary N) is 1. The van der Waals surface area contributed by atoms with Gasteiger partial charge in [0.1, 0.15) is 10.7 Å². The van der Waals surface area contributed by atoms with Gasteiger partial charge in [-0.1, -0.05) is 24.4 Å². The fourth-order valence-electron chi connectivity index (χ4n) is 1.91. The third-order valence-corrected chi connectivity index (χ3v) is 3.23. The Kier molecular flexibility index (Phi) is 4.53. The van der Waals surface area contributed by atoms with E-state index in [2.05, 4.69) is 0 Å². The standard InChI is InChI=1S/C15H16N2O2S/c1-2-17(10-13-7-4-8-19-13)15(18)12-6-3-5-11(9-12)14(16)20/h3-9H,2,10H2,1H3,(H2,16,20). The zero-order valence-electron chi connectivity index (χ0n) is 11.2. The molecule has 2 N–H and O–H groups in total. The van der Waals surface area contributed by atoms with Gasteiger partial charge in [-0.05, 0) is 31.2 Å². The molecule has 5 heteroatoms. The monoisotopic (exact) mass is 288 g/mol.